The molecule has 0 aliphatic rings. The summed E-state index contributed by atoms with van der Waals surface area (Å²) in [4.78, 5) is 36.2. The number of ether oxygens (including phenoxy) is 2. The Hall–Kier alpha value is -2.60. The number of aromatic nitrogens is 4. The summed E-state index contributed by atoms with van der Waals surface area (Å²) < 4.78 is 31.8. The third-order valence-electron chi connectivity index (χ3n) is 5.05. The van der Waals surface area contributed by atoms with Gasteiger partial charge < -0.3 is 29.4 Å². The molecule has 196 valence electrons. The number of nitrogens with two attached hydrogens (primary N) is 1. The summed E-state index contributed by atoms with van der Waals surface area (Å²) in [6.45, 7) is 8.33. The van der Waals surface area contributed by atoms with E-state index < -0.39 is 43.6 Å². The van der Waals surface area contributed by atoms with Crippen molar-refractivity contribution in [3.8, 4) is 0 Å². The van der Waals surface area contributed by atoms with E-state index >= 15 is 0 Å². The van der Waals surface area contributed by atoms with Gasteiger partial charge in [0, 0.05) is 0 Å². The molecule has 14 heteroatoms. The van der Waals surface area contributed by atoms with Gasteiger partial charge in [-0.15, -0.1) is 0 Å². The minimum Gasteiger partial charge on any atom is -0.480 e. The van der Waals surface area contributed by atoms with Gasteiger partial charge in [-0.05, 0) is 34.1 Å². The van der Waals surface area contributed by atoms with Gasteiger partial charge in [-0.25, -0.2) is 24.8 Å². The van der Waals surface area contributed by atoms with Crippen LogP contribution in [0.4, 0.5) is 5.82 Å². The van der Waals surface area contributed by atoms with Crippen LogP contribution in [-0.2, 0) is 34.7 Å². The Bertz CT molecular complexity index is 1060. The molecule has 35 heavy (non-hydrogen) atoms. The van der Waals surface area contributed by atoms with E-state index in [4.69, 9.17) is 19.7 Å². The molecule has 0 saturated heterocycles. The van der Waals surface area contributed by atoms with Crippen molar-refractivity contribution in [2.75, 3.05) is 18.7 Å². The number of anilines is 1. The molecule has 2 aromatic rings. The molecule has 0 radical (unpaired) electrons. The fraction of sp³-hybridized carbons (Fsp3) is 0.667. The van der Waals surface area contributed by atoms with Crippen LogP contribution >= 0.6 is 7.52 Å². The molecule has 4 N–H and O–H groups in total. The number of hydrogen-bond donors (Lipinski definition) is 3. The van der Waals surface area contributed by atoms with E-state index in [0.29, 0.717) is 17.6 Å². The van der Waals surface area contributed by atoms with Crippen molar-refractivity contribution >= 4 is 36.4 Å². The standard InChI is InChI=1S/C21H35N6O7P/c1-6-7-8-9-32-19(28)15(3)34-35(31,26-21(4,5)20(29)30)13-33-14(2)10-27-12-25-16-17(22)23-11-24-18(16)27/h11-12,14-15H,6-10,13H2,1-5H3,(H,26,31)(H,29,30)(H2,22,23,24)/t14-,15+,35+/m1/s1. The Morgan fingerprint density at radius 1 is 1.26 bits per heavy atom. The first-order chi connectivity index (χ1) is 16.4. The summed E-state index contributed by atoms with van der Waals surface area (Å²) in [5.41, 5.74) is 5.16. The summed E-state index contributed by atoms with van der Waals surface area (Å²) in [7, 11) is -3.97. The molecule has 2 aromatic heterocycles. The molecule has 0 bridgehead atoms. The fourth-order valence-corrected chi connectivity index (χ4v) is 5.26. The molecular weight excluding hydrogens is 479 g/mol. The number of esters is 1. The van der Waals surface area contributed by atoms with Gasteiger partial charge in [0.15, 0.2) is 17.6 Å². The second-order valence-corrected chi connectivity index (χ2v) is 10.8. The fourth-order valence-electron chi connectivity index (χ4n) is 3.09. The molecule has 3 atom stereocenters. The van der Waals surface area contributed by atoms with Crippen LogP contribution in [0.2, 0.25) is 0 Å². The van der Waals surface area contributed by atoms with Gasteiger partial charge >= 0.3 is 11.9 Å². The number of imidazole rings is 1. The minimum absolute atomic E-state index is 0.221. The van der Waals surface area contributed by atoms with E-state index in [2.05, 4.69) is 20.0 Å². The van der Waals surface area contributed by atoms with E-state index in [0.717, 1.165) is 12.8 Å². The molecule has 0 aliphatic heterocycles. The molecule has 0 saturated carbocycles. The van der Waals surface area contributed by atoms with E-state index in [-0.39, 0.29) is 19.0 Å². The average molecular weight is 515 g/mol. The minimum atomic E-state index is -3.97. The first kappa shape index (κ1) is 28.6. The normalized spacial score (nSPS) is 15.5. The van der Waals surface area contributed by atoms with Crippen LogP contribution in [0.5, 0.6) is 0 Å². The van der Waals surface area contributed by atoms with E-state index in [1.165, 1.54) is 33.4 Å². The maximum atomic E-state index is 13.6. The molecule has 0 fully saturated rings. The first-order valence-electron chi connectivity index (χ1n) is 11.4. The summed E-state index contributed by atoms with van der Waals surface area (Å²) in [5, 5.41) is 12.0. The second kappa shape index (κ2) is 12.4. The number of unbranched alkanes of at least 4 members (excludes halogenated alkanes) is 2. The highest BCUT2D eigenvalue weighted by Crippen LogP contribution is 2.46. The van der Waals surface area contributed by atoms with Gasteiger partial charge in [0.05, 0.1) is 25.6 Å². The van der Waals surface area contributed by atoms with Gasteiger partial charge in [-0.1, -0.05) is 19.8 Å². The number of carbonyl (C=O) groups is 2. The van der Waals surface area contributed by atoms with Crippen molar-refractivity contribution < 1.29 is 33.3 Å². The highest BCUT2D eigenvalue weighted by atomic mass is 31.2. The Labute approximate surface area is 204 Å². The van der Waals surface area contributed by atoms with Gasteiger partial charge in [0.2, 0.25) is 0 Å². The van der Waals surface area contributed by atoms with Crippen molar-refractivity contribution in [1.29, 1.82) is 0 Å². The van der Waals surface area contributed by atoms with Crippen LogP contribution in [0.15, 0.2) is 12.7 Å². The monoisotopic (exact) mass is 514 g/mol. The predicted octanol–water partition coefficient (Wildman–Crippen LogP) is 2.56. The molecule has 2 heterocycles. The van der Waals surface area contributed by atoms with Gasteiger partial charge in [0.25, 0.3) is 7.52 Å². The van der Waals surface area contributed by atoms with Gasteiger partial charge in [-0.3, -0.25) is 9.36 Å². The summed E-state index contributed by atoms with van der Waals surface area (Å²) in [5.74, 6) is -1.69. The predicted molar refractivity (Wildman–Crippen MR) is 129 cm³/mol. The number of nitrogens with zero attached hydrogens (tertiary/aromatic N) is 4. The van der Waals surface area contributed by atoms with Gasteiger partial charge in [0.1, 0.15) is 23.7 Å². The van der Waals surface area contributed by atoms with Crippen molar-refractivity contribution in [3.05, 3.63) is 12.7 Å². The van der Waals surface area contributed by atoms with Crippen molar-refractivity contribution in [3.63, 3.8) is 0 Å². The third-order valence-corrected chi connectivity index (χ3v) is 7.09. The number of carboxylic acids is 1. The molecular formula is C21H35N6O7P. The Morgan fingerprint density at radius 3 is 2.63 bits per heavy atom. The maximum Gasteiger partial charge on any atom is 0.335 e. The maximum absolute atomic E-state index is 13.6. The van der Waals surface area contributed by atoms with Crippen LogP contribution in [0.25, 0.3) is 11.2 Å². The number of aliphatic carboxylic acids is 1. The van der Waals surface area contributed by atoms with E-state index in [1.54, 1.807) is 11.5 Å². The molecule has 0 amide bonds. The first-order valence-corrected chi connectivity index (χ1v) is 13.2. The topological polar surface area (TPSA) is 181 Å². The lowest BCUT2D eigenvalue weighted by molar-refractivity contribution is -0.151. The molecule has 0 spiro atoms. The van der Waals surface area contributed by atoms with E-state index in [9.17, 15) is 19.3 Å². The number of nitrogen functional groups attached to an aromatic ring is 1. The Morgan fingerprint density at radius 2 is 1.97 bits per heavy atom. The second-order valence-electron chi connectivity index (χ2n) is 8.77. The summed E-state index contributed by atoms with van der Waals surface area (Å²) >= 11 is 0. The van der Waals surface area contributed by atoms with Crippen LogP contribution in [-0.4, -0.2) is 67.3 Å². The van der Waals surface area contributed by atoms with Crippen LogP contribution < -0.4 is 10.8 Å². The zero-order chi connectivity index (χ0) is 26.2. The Kier molecular flexibility index (Phi) is 10.1. The lowest BCUT2D eigenvalue weighted by atomic mass is 10.1. The molecule has 0 aromatic carbocycles. The largest absolute Gasteiger partial charge is 0.480 e. The van der Waals surface area contributed by atoms with E-state index in [1.807, 2.05) is 6.92 Å². The van der Waals surface area contributed by atoms with Crippen molar-refractivity contribution in [2.24, 2.45) is 0 Å². The summed E-state index contributed by atoms with van der Waals surface area (Å²) in [6, 6.07) is 0. The van der Waals surface area contributed by atoms with Gasteiger partial charge in [-0.2, -0.15) is 0 Å². The number of fused-ring (bicyclic) bond motifs is 1. The quantitative estimate of drug-likeness (QED) is 0.180. The van der Waals surface area contributed by atoms with Crippen LogP contribution in [0, 0.1) is 0 Å². The van der Waals surface area contributed by atoms with Crippen molar-refractivity contribution in [1.82, 2.24) is 24.6 Å². The summed E-state index contributed by atoms with van der Waals surface area (Å²) in [6.07, 6.45) is 3.25. The number of carboxylic acid groups (broad SMARTS) is 1. The SMILES string of the molecule is CCCCCOC(=O)[C@H](C)O[P@@](=O)(CO[C@H](C)Cn1cnc2c(N)ncnc21)NC(C)(C)C(=O)O. The van der Waals surface area contributed by atoms with Crippen molar-refractivity contribution in [2.45, 2.75) is 78.2 Å². The smallest absolute Gasteiger partial charge is 0.335 e. The Balaban J connectivity index is 2.08. The van der Waals surface area contributed by atoms with Crippen LogP contribution in [0.1, 0.15) is 53.9 Å². The number of rotatable bonds is 15. The van der Waals surface area contributed by atoms with Crippen LogP contribution in [0.3, 0.4) is 0 Å². The molecule has 0 aliphatic carbocycles. The number of hydrogen-bond acceptors (Lipinski definition) is 10. The average Bonchev–Trinajstić information content (AvgIpc) is 3.18. The lowest BCUT2D eigenvalue weighted by Crippen LogP contribution is -2.46. The number of carbonyl (C=O) groups excluding carboxylic acids is 1. The highest BCUT2D eigenvalue weighted by molar-refractivity contribution is 7.56. The zero-order valence-electron chi connectivity index (χ0n) is 20.8. The third kappa shape index (κ3) is 8.24. The highest BCUT2D eigenvalue weighted by Gasteiger charge is 2.39. The molecule has 13 nitrogen and oxygen atoms in total. The molecule has 0 unspecified atom stereocenters. The zero-order valence-corrected chi connectivity index (χ0v) is 21.7. The molecule has 2 rings (SSSR count). The lowest BCUT2D eigenvalue weighted by Gasteiger charge is -2.30. The number of nitrogens with one attached hydrogen (secondary N) is 1.